The van der Waals surface area contributed by atoms with E-state index in [0.717, 1.165) is 0 Å². The maximum absolute atomic E-state index is 13.1. The van der Waals surface area contributed by atoms with Gasteiger partial charge in [0.25, 0.3) is 5.92 Å². The van der Waals surface area contributed by atoms with E-state index in [0.29, 0.717) is 6.42 Å². The molecule has 0 saturated carbocycles. The van der Waals surface area contributed by atoms with Crippen LogP contribution in [0.25, 0.3) is 0 Å². The van der Waals surface area contributed by atoms with E-state index in [4.69, 9.17) is 4.74 Å². The third-order valence-corrected chi connectivity index (χ3v) is 2.82. The highest BCUT2D eigenvalue weighted by atomic mass is 19.3. The predicted octanol–water partition coefficient (Wildman–Crippen LogP) is 3.19. The molecule has 124 valence electrons. The first-order chi connectivity index (χ1) is 9.32. The topological polar surface area (TPSA) is 52.6 Å². The summed E-state index contributed by atoms with van der Waals surface area (Å²) in [6, 6.07) is 0. The molecule has 0 aliphatic rings. The van der Waals surface area contributed by atoms with Crippen LogP contribution in [0.2, 0.25) is 0 Å². The van der Waals surface area contributed by atoms with Crippen molar-refractivity contribution in [3.8, 4) is 0 Å². The Morgan fingerprint density at radius 1 is 0.905 bits per heavy atom. The molecule has 0 aliphatic carbocycles. The molecule has 0 aromatic rings. The first kappa shape index (κ1) is 19.7. The molecule has 0 saturated heterocycles. The third-order valence-electron chi connectivity index (χ3n) is 2.82. The van der Waals surface area contributed by atoms with Gasteiger partial charge in [-0.05, 0) is 27.2 Å². The Balaban J connectivity index is 4.19. The number of carbonyl (C=O) groups excluding carboxylic acids is 2. The molecule has 0 heterocycles. The molecule has 0 fully saturated rings. The molecular weight excluding hydrogens is 296 g/mol. The summed E-state index contributed by atoms with van der Waals surface area (Å²) in [5.74, 6) is -10.6. The second-order valence-corrected chi connectivity index (χ2v) is 5.46. The van der Waals surface area contributed by atoms with Gasteiger partial charge in [0, 0.05) is 0 Å². The van der Waals surface area contributed by atoms with Gasteiger partial charge in [0.15, 0.2) is 0 Å². The van der Waals surface area contributed by atoms with Crippen molar-refractivity contribution >= 4 is 11.9 Å². The van der Waals surface area contributed by atoms with Gasteiger partial charge in [-0.2, -0.15) is 8.78 Å². The van der Waals surface area contributed by atoms with Gasteiger partial charge in [0.05, 0.1) is 11.8 Å². The molecule has 0 amide bonds. The standard InChI is InChI=1S/C13H20F4O4/c1-5-11(2,3)9(18)20-6-7-21-10(19)13(16,17)8-12(4,14)15/h5-8H2,1-4H3. The van der Waals surface area contributed by atoms with Crippen molar-refractivity contribution < 1.29 is 36.6 Å². The lowest BCUT2D eigenvalue weighted by Crippen LogP contribution is -2.37. The molecule has 0 unspecified atom stereocenters. The molecule has 8 heteroatoms. The van der Waals surface area contributed by atoms with Crippen molar-refractivity contribution in [1.29, 1.82) is 0 Å². The van der Waals surface area contributed by atoms with Gasteiger partial charge in [0.2, 0.25) is 0 Å². The Hall–Kier alpha value is -1.34. The minimum atomic E-state index is -4.29. The summed E-state index contributed by atoms with van der Waals surface area (Å²) in [7, 11) is 0. The number of hydrogen-bond donors (Lipinski definition) is 0. The molecule has 0 atom stereocenters. The fourth-order valence-electron chi connectivity index (χ4n) is 1.18. The van der Waals surface area contributed by atoms with Gasteiger partial charge in [-0.3, -0.25) is 4.79 Å². The molecule has 0 spiro atoms. The summed E-state index contributed by atoms with van der Waals surface area (Å²) in [4.78, 5) is 22.5. The van der Waals surface area contributed by atoms with E-state index < -0.39 is 48.8 Å². The zero-order chi connectivity index (χ0) is 16.9. The van der Waals surface area contributed by atoms with Crippen molar-refractivity contribution in [2.45, 2.75) is 52.4 Å². The van der Waals surface area contributed by atoms with Gasteiger partial charge < -0.3 is 9.47 Å². The Morgan fingerprint density at radius 3 is 1.71 bits per heavy atom. The summed E-state index contributed by atoms with van der Waals surface area (Å²) in [5, 5.41) is 0. The second kappa shape index (κ2) is 7.09. The van der Waals surface area contributed by atoms with Crippen LogP contribution in [-0.2, 0) is 19.1 Å². The number of carbonyl (C=O) groups is 2. The quantitative estimate of drug-likeness (QED) is 0.392. The molecule has 4 nitrogen and oxygen atoms in total. The average Bonchev–Trinajstić information content (AvgIpc) is 2.30. The maximum atomic E-state index is 13.1. The maximum Gasteiger partial charge on any atom is 0.377 e. The first-order valence-corrected chi connectivity index (χ1v) is 6.42. The molecule has 0 aromatic heterocycles. The SMILES string of the molecule is CCC(C)(C)C(=O)OCCOC(=O)C(F)(F)CC(C)(F)F. The van der Waals surface area contributed by atoms with Crippen molar-refractivity contribution in [3.05, 3.63) is 0 Å². The van der Waals surface area contributed by atoms with Crippen molar-refractivity contribution in [2.75, 3.05) is 13.2 Å². The first-order valence-electron chi connectivity index (χ1n) is 6.42. The molecule has 0 bridgehead atoms. The highest BCUT2D eigenvalue weighted by molar-refractivity contribution is 5.77. The number of alkyl halides is 4. The Morgan fingerprint density at radius 2 is 1.33 bits per heavy atom. The van der Waals surface area contributed by atoms with Crippen LogP contribution >= 0.6 is 0 Å². The fraction of sp³-hybridized carbons (Fsp3) is 0.846. The summed E-state index contributed by atoms with van der Waals surface area (Å²) in [6.07, 6.45) is -1.42. The average molecular weight is 316 g/mol. The lowest BCUT2D eigenvalue weighted by molar-refractivity contribution is -0.185. The normalized spacial score (nSPS) is 13.0. The van der Waals surface area contributed by atoms with E-state index in [1.54, 1.807) is 20.8 Å². The van der Waals surface area contributed by atoms with Gasteiger partial charge in [-0.25, -0.2) is 13.6 Å². The zero-order valence-corrected chi connectivity index (χ0v) is 12.5. The predicted molar refractivity (Wildman–Crippen MR) is 66.2 cm³/mol. The lowest BCUT2D eigenvalue weighted by atomic mass is 9.91. The van der Waals surface area contributed by atoms with Crippen LogP contribution < -0.4 is 0 Å². The summed E-state index contributed by atoms with van der Waals surface area (Å²) < 4.78 is 60.0. The number of esters is 2. The largest absolute Gasteiger partial charge is 0.462 e. The highest BCUT2D eigenvalue weighted by Crippen LogP contribution is 2.31. The van der Waals surface area contributed by atoms with E-state index in [1.807, 2.05) is 0 Å². The zero-order valence-electron chi connectivity index (χ0n) is 12.5. The van der Waals surface area contributed by atoms with Crippen LogP contribution in [0.1, 0.15) is 40.5 Å². The molecule has 21 heavy (non-hydrogen) atoms. The number of rotatable bonds is 8. The Kier molecular flexibility index (Phi) is 6.63. The summed E-state index contributed by atoms with van der Waals surface area (Å²) in [6.45, 7) is 4.30. The second-order valence-electron chi connectivity index (χ2n) is 5.46. The van der Waals surface area contributed by atoms with Crippen LogP contribution in [0.15, 0.2) is 0 Å². The molecule has 0 aliphatic heterocycles. The minimum Gasteiger partial charge on any atom is -0.462 e. The van der Waals surface area contributed by atoms with Gasteiger partial charge >= 0.3 is 17.9 Å². The van der Waals surface area contributed by atoms with Gasteiger partial charge in [0.1, 0.15) is 13.2 Å². The monoisotopic (exact) mass is 316 g/mol. The molecule has 0 rings (SSSR count). The Bertz CT molecular complexity index is 375. The van der Waals surface area contributed by atoms with E-state index >= 15 is 0 Å². The van der Waals surface area contributed by atoms with E-state index in [1.165, 1.54) is 0 Å². The lowest BCUT2D eigenvalue weighted by Gasteiger charge is -2.21. The van der Waals surface area contributed by atoms with Crippen molar-refractivity contribution in [2.24, 2.45) is 5.41 Å². The van der Waals surface area contributed by atoms with Crippen molar-refractivity contribution in [3.63, 3.8) is 0 Å². The third kappa shape index (κ3) is 7.29. The van der Waals surface area contributed by atoms with E-state index in [-0.39, 0.29) is 6.92 Å². The molecule has 0 N–H and O–H groups in total. The minimum absolute atomic E-state index is 0.281. The number of halogens is 4. The van der Waals surface area contributed by atoms with Crippen LogP contribution in [0, 0.1) is 5.41 Å². The number of hydrogen-bond acceptors (Lipinski definition) is 4. The smallest absolute Gasteiger partial charge is 0.377 e. The van der Waals surface area contributed by atoms with Crippen LogP contribution in [0.4, 0.5) is 17.6 Å². The molecular formula is C13H20F4O4. The van der Waals surface area contributed by atoms with Crippen molar-refractivity contribution in [1.82, 2.24) is 0 Å². The molecule has 0 radical (unpaired) electrons. The fourth-order valence-corrected chi connectivity index (χ4v) is 1.18. The summed E-state index contributed by atoms with van der Waals surface area (Å²) >= 11 is 0. The van der Waals surface area contributed by atoms with Gasteiger partial charge in [-0.15, -0.1) is 0 Å². The Labute approximate surface area is 120 Å². The highest BCUT2D eigenvalue weighted by Gasteiger charge is 2.47. The van der Waals surface area contributed by atoms with Gasteiger partial charge in [-0.1, -0.05) is 6.92 Å². The summed E-state index contributed by atoms with van der Waals surface area (Å²) in [5.41, 5.74) is -0.738. The van der Waals surface area contributed by atoms with E-state index in [9.17, 15) is 27.2 Å². The van der Waals surface area contributed by atoms with Crippen LogP contribution in [0.5, 0.6) is 0 Å². The van der Waals surface area contributed by atoms with Crippen LogP contribution in [0.3, 0.4) is 0 Å². The number of ether oxygens (including phenoxy) is 2. The molecule has 0 aromatic carbocycles. The van der Waals surface area contributed by atoms with Crippen LogP contribution in [-0.4, -0.2) is 37.0 Å². The van der Waals surface area contributed by atoms with E-state index in [2.05, 4.69) is 4.74 Å².